The molecule has 0 spiro atoms. The number of H-pyrrole nitrogens is 1. The average Bonchev–Trinajstić information content (AvgIpc) is 2.56. The molecule has 1 aromatic heterocycles. The number of hydrogen-bond donors (Lipinski definition) is 1. The van der Waals surface area contributed by atoms with Crippen molar-refractivity contribution in [1.82, 2.24) is 9.55 Å². The zero-order valence-electron chi connectivity index (χ0n) is 10.1. The number of carbonyl (C=O) groups is 2. The molecule has 0 bridgehead atoms. The molecule has 94 valence electrons. The lowest BCUT2D eigenvalue weighted by atomic mass is 10.2. The average molecular weight is 242 g/mol. The number of aromatic amines is 1. The SMILES string of the molecule is COC(=O)c1cn(C(=O)OC(C)(C)C)c(=O)[nH]1. The summed E-state index contributed by atoms with van der Waals surface area (Å²) in [4.78, 5) is 36.3. The van der Waals surface area contributed by atoms with Gasteiger partial charge in [-0.2, -0.15) is 0 Å². The second kappa shape index (κ2) is 4.44. The van der Waals surface area contributed by atoms with Gasteiger partial charge in [0.1, 0.15) is 11.3 Å². The highest BCUT2D eigenvalue weighted by atomic mass is 16.6. The Bertz CT molecular complexity index is 492. The summed E-state index contributed by atoms with van der Waals surface area (Å²) in [5, 5.41) is 0. The molecule has 0 aliphatic heterocycles. The fourth-order valence-electron chi connectivity index (χ4n) is 1.06. The van der Waals surface area contributed by atoms with E-state index < -0.39 is 23.4 Å². The Balaban J connectivity index is 3.00. The molecular formula is C10H14N2O5. The van der Waals surface area contributed by atoms with Crippen LogP contribution in [-0.2, 0) is 9.47 Å². The van der Waals surface area contributed by atoms with Crippen molar-refractivity contribution in [3.8, 4) is 0 Å². The van der Waals surface area contributed by atoms with Crippen molar-refractivity contribution < 1.29 is 19.1 Å². The van der Waals surface area contributed by atoms with E-state index in [2.05, 4.69) is 9.72 Å². The minimum Gasteiger partial charge on any atom is -0.464 e. The molecule has 0 saturated heterocycles. The number of imidazole rings is 1. The number of carbonyl (C=O) groups excluding carboxylic acids is 2. The minimum absolute atomic E-state index is 0.108. The fourth-order valence-corrected chi connectivity index (χ4v) is 1.06. The number of hydrogen-bond acceptors (Lipinski definition) is 5. The maximum absolute atomic E-state index is 11.6. The zero-order chi connectivity index (χ0) is 13.2. The molecule has 17 heavy (non-hydrogen) atoms. The molecule has 0 radical (unpaired) electrons. The summed E-state index contributed by atoms with van der Waals surface area (Å²) in [5.41, 5.74) is -1.58. The molecule has 1 heterocycles. The van der Waals surface area contributed by atoms with Gasteiger partial charge in [-0.1, -0.05) is 0 Å². The lowest BCUT2D eigenvalue weighted by molar-refractivity contribution is 0.0531. The topological polar surface area (TPSA) is 90.4 Å². The highest BCUT2D eigenvalue weighted by molar-refractivity contribution is 5.87. The Morgan fingerprint density at radius 2 is 1.94 bits per heavy atom. The van der Waals surface area contributed by atoms with Crippen molar-refractivity contribution in [2.24, 2.45) is 0 Å². The maximum Gasteiger partial charge on any atom is 0.422 e. The molecule has 0 saturated carbocycles. The molecular weight excluding hydrogens is 228 g/mol. The fraction of sp³-hybridized carbons (Fsp3) is 0.500. The number of methoxy groups -OCH3 is 1. The van der Waals surface area contributed by atoms with Crippen LogP contribution in [0.1, 0.15) is 31.3 Å². The molecule has 1 rings (SSSR count). The largest absolute Gasteiger partial charge is 0.464 e. The number of aromatic nitrogens is 2. The summed E-state index contributed by atoms with van der Waals surface area (Å²) >= 11 is 0. The first-order valence-corrected chi connectivity index (χ1v) is 4.88. The quantitative estimate of drug-likeness (QED) is 0.734. The summed E-state index contributed by atoms with van der Waals surface area (Å²) in [7, 11) is 1.17. The lowest BCUT2D eigenvalue weighted by Gasteiger charge is -2.18. The number of esters is 1. The van der Waals surface area contributed by atoms with E-state index in [1.165, 1.54) is 7.11 Å². The van der Waals surface area contributed by atoms with E-state index in [1.807, 2.05) is 0 Å². The van der Waals surface area contributed by atoms with E-state index in [9.17, 15) is 14.4 Å². The van der Waals surface area contributed by atoms with Gasteiger partial charge < -0.3 is 9.47 Å². The van der Waals surface area contributed by atoms with Gasteiger partial charge in [-0.15, -0.1) is 0 Å². The normalized spacial score (nSPS) is 11.1. The van der Waals surface area contributed by atoms with Gasteiger partial charge in [0.25, 0.3) is 0 Å². The van der Waals surface area contributed by atoms with Crippen LogP contribution >= 0.6 is 0 Å². The Labute approximate surface area is 97.3 Å². The molecule has 0 unspecified atom stereocenters. The Hall–Kier alpha value is -2.05. The number of rotatable bonds is 1. The standard InChI is InChI=1S/C10H14N2O5/c1-10(2,3)17-9(15)12-5-6(7(13)16-4)11-8(12)14/h5H,1-4H3,(H,11,14). The first-order chi connectivity index (χ1) is 7.74. The van der Waals surface area contributed by atoms with E-state index >= 15 is 0 Å². The molecule has 7 heteroatoms. The summed E-state index contributed by atoms with van der Waals surface area (Å²) < 4.78 is 10.1. The van der Waals surface area contributed by atoms with Crippen LogP contribution in [-0.4, -0.2) is 34.3 Å². The van der Waals surface area contributed by atoms with Crippen LogP contribution < -0.4 is 5.69 Å². The van der Waals surface area contributed by atoms with E-state index in [4.69, 9.17) is 4.74 Å². The van der Waals surface area contributed by atoms with E-state index in [0.717, 1.165) is 6.20 Å². The molecule has 7 nitrogen and oxygen atoms in total. The molecule has 0 aromatic carbocycles. The van der Waals surface area contributed by atoms with Gasteiger partial charge in [0.15, 0.2) is 0 Å². The minimum atomic E-state index is -0.853. The third-order valence-electron chi connectivity index (χ3n) is 1.71. The van der Waals surface area contributed by atoms with Crippen LogP contribution in [0.2, 0.25) is 0 Å². The van der Waals surface area contributed by atoms with Crippen LogP contribution in [0.15, 0.2) is 11.0 Å². The third kappa shape index (κ3) is 3.20. The zero-order valence-corrected chi connectivity index (χ0v) is 10.1. The van der Waals surface area contributed by atoms with Crippen molar-refractivity contribution in [2.45, 2.75) is 26.4 Å². The van der Waals surface area contributed by atoms with Gasteiger partial charge in [0, 0.05) is 0 Å². The number of nitrogens with one attached hydrogen (secondary N) is 1. The second-order valence-electron chi connectivity index (χ2n) is 4.31. The van der Waals surface area contributed by atoms with Crippen molar-refractivity contribution in [3.63, 3.8) is 0 Å². The van der Waals surface area contributed by atoms with E-state index in [0.29, 0.717) is 4.57 Å². The van der Waals surface area contributed by atoms with Crippen molar-refractivity contribution in [3.05, 3.63) is 22.4 Å². The molecule has 0 fully saturated rings. The van der Waals surface area contributed by atoms with E-state index in [1.54, 1.807) is 20.8 Å². The molecule has 0 amide bonds. The predicted octanol–water partition coefficient (Wildman–Crippen LogP) is 0.746. The van der Waals surface area contributed by atoms with Gasteiger partial charge in [-0.25, -0.2) is 19.0 Å². The first-order valence-electron chi connectivity index (χ1n) is 4.88. The monoisotopic (exact) mass is 242 g/mol. The molecule has 0 aliphatic rings. The smallest absolute Gasteiger partial charge is 0.422 e. The Morgan fingerprint density at radius 3 is 2.41 bits per heavy atom. The van der Waals surface area contributed by atoms with E-state index in [-0.39, 0.29) is 5.69 Å². The summed E-state index contributed by atoms with van der Waals surface area (Å²) in [6.45, 7) is 5.01. The highest BCUT2D eigenvalue weighted by Gasteiger charge is 2.21. The van der Waals surface area contributed by atoms with Gasteiger partial charge in [0.05, 0.1) is 13.3 Å². The van der Waals surface area contributed by atoms with Crippen LogP contribution in [0.3, 0.4) is 0 Å². The maximum atomic E-state index is 11.6. The van der Waals surface area contributed by atoms with Crippen LogP contribution in [0.4, 0.5) is 4.79 Å². The highest BCUT2D eigenvalue weighted by Crippen LogP contribution is 2.08. The molecule has 0 atom stereocenters. The first kappa shape index (κ1) is 13.0. The van der Waals surface area contributed by atoms with Crippen LogP contribution in [0.5, 0.6) is 0 Å². The van der Waals surface area contributed by atoms with Crippen LogP contribution in [0.25, 0.3) is 0 Å². The summed E-state index contributed by atoms with van der Waals surface area (Å²) in [6.07, 6.45) is 0.191. The molecule has 0 aliphatic carbocycles. The van der Waals surface area contributed by atoms with Crippen molar-refractivity contribution >= 4 is 12.1 Å². The lowest BCUT2D eigenvalue weighted by Crippen LogP contribution is -2.31. The summed E-state index contributed by atoms with van der Waals surface area (Å²) in [6, 6.07) is 0. The van der Waals surface area contributed by atoms with Gasteiger partial charge in [-0.05, 0) is 20.8 Å². The van der Waals surface area contributed by atoms with Crippen molar-refractivity contribution in [2.75, 3.05) is 7.11 Å². The van der Waals surface area contributed by atoms with Crippen molar-refractivity contribution in [1.29, 1.82) is 0 Å². The second-order valence-corrected chi connectivity index (χ2v) is 4.31. The molecule has 1 aromatic rings. The van der Waals surface area contributed by atoms with Gasteiger partial charge in [0.2, 0.25) is 0 Å². The third-order valence-corrected chi connectivity index (χ3v) is 1.71. The Morgan fingerprint density at radius 1 is 1.35 bits per heavy atom. The van der Waals surface area contributed by atoms with Gasteiger partial charge in [-0.3, -0.25) is 4.98 Å². The number of ether oxygens (including phenoxy) is 2. The number of nitrogens with zero attached hydrogens (tertiary/aromatic N) is 1. The Kier molecular flexibility index (Phi) is 3.40. The van der Waals surface area contributed by atoms with Crippen LogP contribution in [0, 0.1) is 0 Å². The van der Waals surface area contributed by atoms with Gasteiger partial charge >= 0.3 is 17.8 Å². The molecule has 1 N–H and O–H groups in total. The predicted molar refractivity (Wildman–Crippen MR) is 58.0 cm³/mol. The summed E-state index contributed by atoms with van der Waals surface area (Å²) in [5.74, 6) is -0.732.